The molecule has 0 saturated carbocycles. The minimum absolute atomic E-state index is 0.407. The van der Waals surface area contributed by atoms with Gasteiger partial charge < -0.3 is 20.1 Å². The van der Waals surface area contributed by atoms with Gasteiger partial charge >= 0.3 is 0 Å². The molecule has 3 aromatic rings. The number of fused-ring (bicyclic) bond motifs is 2. The number of hydrogen-bond donors (Lipinski definition) is 1. The Morgan fingerprint density at radius 2 is 1.80 bits per heavy atom. The number of aromatic nitrogens is 5. The molecule has 0 spiro atoms. The summed E-state index contributed by atoms with van der Waals surface area (Å²) in [6.07, 6.45) is 0. The zero-order valence-corrected chi connectivity index (χ0v) is 14.4. The van der Waals surface area contributed by atoms with E-state index in [9.17, 15) is 0 Å². The van der Waals surface area contributed by atoms with Crippen LogP contribution in [0.15, 0.2) is 12.1 Å². The number of nitrogens with two attached hydrogens (primary N) is 1. The average Bonchev–Trinajstić information content (AvgIpc) is 2.99. The van der Waals surface area contributed by atoms with E-state index in [4.69, 9.17) is 15.2 Å². The first-order chi connectivity index (χ1) is 12.1. The molecule has 2 N–H and O–H groups in total. The summed E-state index contributed by atoms with van der Waals surface area (Å²) < 4.78 is 12.6. The smallest absolute Gasteiger partial charge is 0.228 e. The van der Waals surface area contributed by atoms with Gasteiger partial charge in [-0.3, -0.25) is 0 Å². The molecule has 4 rings (SSSR count). The molecular formula is C16H19N7O2. The van der Waals surface area contributed by atoms with Crippen molar-refractivity contribution >= 4 is 22.7 Å². The number of benzene rings is 1. The molecule has 2 aromatic heterocycles. The summed E-state index contributed by atoms with van der Waals surface area (Å²) in [7, 11) is 3.18. The van der Waals surface area contributed by atoms with Gasteiger partial charge in [0.15, 0.2) is 11.5 Å². The van der Waals surface area contributed by atoms with Gasteiger partial charge in [-0.2, -0.15) is 10.1 Å². The van der Waals surface area contributed by atoms with Gasteiger partial charge in [0.1, 0.15) is 17.5 Å². The van der Waals surface area contributed by atoms with Gasteiger partial charge in [-0.1, -0.05) is 0 Å². The summed E-state index contributed by atoms with van der Waals surface area (Å²) in [6.45, 7) is 3.97. The maximum absolute atomic E-state index is 6.17. The second-order valence-corrected chi connectivity index (χ2v) is 5.85. The molecule has 0 amide bonds. The lowest BCUT2D eigenvalue weighted by Crippen LogP contribution is -2.35. The molecule has 0 radical (unpaired) electrons. The summed E-state index contributed by atoms with van der Waals surface area (Å²) in [5, 5.41) is 5.11. The first-order valence-electron chi connectivity index (χ1n) is 7.93. The monoisotopic (exact) mass is 341 g/mol. The summed E-state index contributed by atoms with van der Waals surface area (Å²) in [6, 6.07) is 3.61. The molecule has 0 fully saturated rings. The standard InChI is InChI=1S/C16H19N7O2/c1-9-18-14-8-22(4-5-23(14)21-9)16-19-11-7-13(25-3)12(24-2)6-10(11)15(17)20-16/h6-7H,4-5,8H2,1-3H3,(H2,17,19,20). The van der Waals surface area contributed by atoms with Crippen LogP contribution in [0.3, 0.4) is 0 Å². The predicted octanol–water partition coefficient (Wildman–Crippen LogP) is 1.15. The minimum atomic E-state index is 0.407. The highest BCUT2D eigenvalue weighted by atomic mass is 16.5. The molecule has 9 nitrogen and oxygen atoms in total. The summed E-state index contributed by atoms with van der Waals surface area (Å²) in [5.41, 5.74) is 6.88. The van der Waals surface area contributed by atoms with Crippen molar-refractivity contribution in [1.29, 1.82) is 0 Å². The third kappa shape index (κ3) is 2.57. The van der Waals surface area contributed by atoms with E-state index in [-0.39, 0.29) is 0 Å². The van der Waals surface area contributed by atoms with Gasteiger partial charge in [0.05, 0.1) is 32.8 Å². The van der Waals surface area contributed by atoms with Crippen LogP contribution >= 0.6 is 0 Å². The quantitative estimate of drug-likeness (QED) is 0.756. The summed E-state index contributed by atoms with van der Waals surface area (Å²) >= 11 is 0. The zero-order valence-electron chi connectivity index (χ0n) is 14.4. The van der Waals surface area contributed by atoms with E-state index >= 15 is 0 Å². The Morgan fingerprint density at radius 1 is 1.04 bits per heavy atom. The van der Waals surface area contributed by atoms with Crippen molar-refractivity contribution < 1.29 is 9.47 Å². The lowest BCUT2D eigenvalue weighted by Gasteiger charge is -2.27. The Labute approximate surface area is 144 Å². The Kier molecular flexibility index (Phi) is 3.56. The fourth-order valence-corrected chi connectivity index (χ4v) is 3.04. The number of rotatable bonds is 3. The highest BCUT2D eigenvalue weighted by Crippen LogP contribution is 2.34. The molecule has 1 aliphatic rings. The number of nitrogens with zero attached hydrogens (tertiary/aromatic N) is 6. The zero-order chi connectivity index (χ0) is 17.6. The van der Waals surface area contributed by atoms with Gasteiger partial charge in [-0.25, -0.2) is 14.6 Å². The van der Waals surface area contributed by atoms with E-state index in [1.165, 1.54) is 0 Å². The SMILES string of the molecule is COc1cc2nc(N3CCn4nc(C)nc4C3)nc(N)c2cc1OC. The van der Waals surface area contributed by atoms with Crippen molar-refractivity contribution in [2.45, 2.75) is 20.0 Å². The normalized spacial score (nSPS) is 13.8. The molecule has 25 heavy (non-hydrogen) atoms. The maximum atomic E-state index is 6.17. The van der Waals surface area contributed by atoms with Crippen LogP contribution in [0.5, 0.6) is 11.5 Å². The maximum Gasteiger partial charge on any atom is 0.228 e. The summed E-state index contributed by atoms with van der Waals surface area (Å²) in [5.74, 6) is 3.85. The number of methoxy groups -OCH3 is 2. The van der Waals surface area contributed by atoms with Crippen molar-refractivity contribution in [2.75, 3.05) is 31.4 Å². The Morgan fingerprint density at radius 3 is 2.56 bits per heavy atom. The average molecular weight is 341 g/mol. The molecule has 1 aliphatic heterocycles. The second-order valence-electron chi connectivity index (χ2n) is 5.85. The fourth-order valence-electron chi connectivity index (χ4n) is 3.04. The molecular weight excluding hydrogens is 322 g/mol. The number of anilines is 2. The molecule has 0 saturated heterocycles. The first-order valence-corrected chi connectivity index (χ1v) is 7.93. The highest BCUT2D eigenvalue weighted by Gasteiger charge is 2.22. The molecule has 0 unspecified atom stereocenters. The largest absolute Gasteiger partial charge is 0.493 e. The number of ether oxygens (including phenoxy) is 2. The van der Waals surface area contributed by atoms with Crippen LogP contribution in [0.4, 0.5) is 11.8 Å². The number of hydrogen-bond acceptors (Lipinski definition) is 8. The van der Waals surface area contributed by atoms with Crippen LogP contribution in [-0.4, -0.2) is 45.5 Å². The highest BCUT2D eigenvalue weighted by molar-refractivity contribution is 5.91. The Hall–Kier alpha value is -3.10. The van der Waals surface area contributed by atoms with Gasteiger partial charge in [0.25, 0.3) is 0 Å². The van der Waals surface area contributed by atoms with Gasteiger partial charge in [-0.15, -0.1) is 0 Å². The van der Waals surface area contributed by atoms with Crippen molar-refractivity contribution in [1.82, 2.24) is 24.7 Å². The van der Waals surface area contributed by atoms with Crippen molar-refractivity contribution in [3.8, 4) is 11.5 Å². The fraction of sp³-hybridized carbons (Fsp3) is 0.375. The van der Waals surface area contributed by atoms with Crippen LogP contribution in [0.2, 0.25) is 0 Å². The third-order valence-corrected chi connectivity index (χ3v) is 4.27. The first kappa shape index (κ1) is 15.4. The summed E-state index contributed by atoms with van der Waals surface area (Å²) in [4.78, 5) is 15.6. The van der Waals surface area contributed by atoms with Crippen molar-refractivity contribution in [2.24, 2.45) is 0 Å². The van der Waals surface area contributed by atoms with Crippen LogP contribution in [0.1, 0.15) is 11.6 Å². The number of aryl methyl sites for hydroxylation is 1. The molecule has 9 heteroatoms. The van der Waals surface area contributed by atoms with E-state index in [1.54, 1.807) is 20.3 Å². The Balaban J connectivity index is 1.76. The molecule has 1 aromatic carbocycles. The predicted molar refractivity (Wildman–Crippen MR) is 92.9 cm³/mol. The van der Waals surface area contributed by atoms with Crippen molar-refractivity contribution in [3.63, 3.8) is 0 Å². The van der Waals surface area contributed by atoms with Gasteiger partial charge in [0, 0.05) is 18.0 Å². The van der Waals surface area contributed by atoms with Crippen LogP contribution in [-0.2, 0) is 13.1 Å². The molecule has 0 aliphatic carbocycles. The van der Waals surface area contributed by atoms with Crippen LogP contribution in [0.25, 0.3) is 10.9 Å². The molecule has 0 bridgehead atoms. The second kappa shape index (κ2) is 5.76. The van der Waals surface area contributed by atoms with Crippen LogP contribution in [0, 0.1) is 6.92 Å². The van der Waals surface area contributed by atoms with E-state index < -0.39 is 0 Å². The number of nitrogen functional groups attached to an aromatic ring is 1. The van der Waals surface area contributed by atoms with Gasteiger partial charge in [-0.05, 0) is 13.0 Å². The van der Waals surface area contributed by atoms with E-state index in [2.05, 4.69) is 25.0 Å². The lowest BCUT2D eigenvalue weighted by molar-refractivity contribution is 0.356. The third-order valence-electron chi connectivity index (χ3n) is 4.27. The Bertz CT molecular complexity index is 953. The van der Waals surface area contributed by atoms with Crippen molar-refractivity contribution in [3.05, 3.63) is 23.8 Å². The molecule has 3 heterocycles. The molecule has 130 valence electrons. The van der Waals surface area contributed by atoms with Crippen LogP contribution < -0.4 is 20.1 Å². The lowest BCUT2D eigenvalue weighted by atomic mass is 10.2. The molecule has 0 atom stereocenters. The van der Waals surface area contributed by atoms with E-state index in [0.29, 0.717) is 35.3 Å². The van der Waals surface area contributed by atoms with E-state index in [0.717, 1.165) is 30.1 Å². The van der Waals surface area contributed by atoms with Gasteiger partial charge in [0.2, 0.25) is 5.95 Å². The topological polar surface area (TPSA) is 104 Å². The minimum Gasteiger partial charge on any atom is -0.493 e. The van der Waals surface area contributed by atoms with E-state index in [1.807, 2.05) is 17.7 Å².